The number of rotatable bonds is 7. The lowest BCUT2D eigenvalue weighted by Gasteiger charge is -2.19. The molecule has 10 rings (SSSR count). The first-order chi connectivity index (χ1) is 24.4. The van der Waals surface area contributed by atoms with Crippen LogP contribution in [0.1, 0.15) is 51.4 Å². The van der Waals surface area contributed by atoms with E-state index < -0.39 is 0 Å². The van der Waals surface area contributed by atoms with Gasteiger partial charge in [-0.3, -0.25) is 4.79 Å². The van der Waals surface area contributed by atoms with Gasteiger partial charge >= 0.3 is 5.97 Å². The summed E-state index contributed by atoms with van der Waals surface area (Å²) in [5.74, 6) is 10.9. The second-order valence-electron chi connectivity index (χ2n) is 17.0. The molecule has 0 spiro atoms. The van der Waals surface area contributed by atoms with Gasteiger partial charge in [0.25, 0.3) is 0 Å². The highest BCUT2D eigenvalue weighted by Gasteiger charge is 2.48. The van der Waals surface area contributed by atoms with Crippen molar-refractivity contribution < 1.29 is 19.4 Å². The number of fused-ring (bicyclic) bond motifs is 12. The van der Waals surface area contributed by atoms with E-state index in [1.54, 1.807) is 0 Å². The molecule has 10 aliphatic carbocycles. The average molecular weight is 673 g/mol. The summed E-state index contributed by atoms with van der Waals surface area (Å²) >= 11 is 0. The summed E-state index contributed by atoms with van der Waals surface area (Å²) in [6.45, 7) is 7.70. The number of ether oxygens (including phenoxy) is 1. The molecule has 0 aromatic heterocycles. The number of carbonyl (C=O) groups is 2. The molecule has 0 radical (unpaired) electrons. The van der Waals surface area contributed by atoms with E-state index in [1.807, 2.05) is 0 Å². The summed E-state index contributed by atoms with van der Waals surface area (Å²) in [5, 5.41) is 9.19. The van der Waals surface area contributed by atoms with Gasteiger partial charge in [-0.15, -0.1) is 13.2 Å². The number of allylic oxidation sites excluding steroid dienone is 14. The third-order valence-corrected chi connectivity index (χ3v) is 14.9. The minimum Gasteiger partial charge on any atom is -0.466 e. The molecule has 0 aliphatic heterocycles. The molecule has 4 fully saturated rings. The normalized spacial score (nSPS) is 45.4. The Bertz CT molecular complexity index is 1580. The Morgan fingerprint density at radius 3 is 1.94 bits per heavy atom. The number of hydrogen-bond donors (Lipinski definition) is 1. The molecule has 0 aromatic carbocycles. The predicted molar refractivity (Wildman–Crippen MR) is 199 cm³/mol. The zero-order valence-corrected chi connectivity index (χ0v) is 29.8. The predicted octanol–water partition coefficient (Wildman–Crippen LogP) is 8.82. The molecule has 0 heterocycles. The number of aliphatic hydroxyl groups excluding tert-OH is 1. The first kappa shape index (κ1) is 33.9. The second-order valence-corrected chi connectivity index (χ2v) is 17.0. The van der Waals surface area contributed by atoms with E-state index in [4.69, 9.17) is 4.74 Å². The van der Waals surface area contributed by atoms with Crippen molar-refractivity contribution in [2.45, 2.75) is 51.4 Å². The molecule has 0 aromatic rings. The Kier molecular flexibility index (Phi) is 9.52. The number of ketones is 1. The van der Waals surface area contributed by atoms with Crippen molar-refractivity contribution in [3.63, 3.8) is 0 Å². The minimum absolute atomic E-state index is 0.102. The molecular formula is C46H56O4. The Labute approximate surface area is 299 Å². The van der Waals surface area contributed by atoms with Gasteiger partial charge in [0.1, 0.15) is 6.61 Å². The number of Topliss-reactive ketones (excluding diaryl/α,β-unsaturated/α-hetero) is 1. The number of aliphatic hydroxyl groups is 1. The van der Waals surface area contributed by atoms with Crippen LogP contribution in [-0.4, -0.2) is 30.6 Å². The standard InChI is InChI=1S/C24H30O2.C12H14O2.C10H12/c1-3-15-10-17(21-7-5-6-20(15)21)8-9-18-11-16(4-2)22-12-19(13-23(18)22)24(26)14-25;1-14-12(13)9-5-10-7-2-3-8(4-7)11(10)6-9;1-2-9-7-4-5-8(6-7)10(9)3-1/h3-6,8-9,13,15-18,20-23,25H,1-2,7,10-12,14H2;2-3,5,7-8,10-11H,4,6H2,1H3;1-2,4-5,7-10H,3,6H2/b9-8-;;/t;7?,8-,10?,11-;7?,8-,9?,10-/m.00/s1. The number of hydrogen-bond acceptors (Lipinski definition) is 4. The number of carbonyl (C=O) groups excluding carboxylic acids is 2. The summed E-state index contributed by atoms with van der Waals surface area (Å²) in [4.78, 5) is 23.3. The summed E-state index contributed by atoms with van der Waals surface area (Å²) in [6, 6.07) is 0. The van der Waals surface area contributed by atoms with Crippen LogP contribution in [0, 0.1) is 94.7 Å². The molecule has 264 valence electrons. The van der Waals surface area contributed by atoms with E-state index in [1.165, 1.54) is 39.2 Å². The summed E-state index contributed by atoms with van der Waals surface area (Å²) in [5.41, 5.74) is 1.74. The van der Waals surface area contributed by atoms with E-state index in [9.17, 15) is 14.7 Å². The third-order valence-electron chi connectivity index (χ3n) is 14.9. The highest BCUT2D eigenvalue weighted by molar-refractivity contribution is 5.96. The van der Waals surface area contributed by atoms with Crippen LogP contribution in [-0.2, 0) is 14.3 Å². The largest absolute Gasteiger partial charge is 0.466 e. The fraction of sp³-hybridized carbons (Fsp3) is 0.565. The van der Waals surface area contributed by atoms with Crippen molar-refractivity contribution in [2.24, 2.45) is 94.7 Å². The maximum Gasteiger partial charge on any atom is 0.333 e. The molecule has 0 amide bonds. The molecule has 4 saturated carbocycles. The molecule has 10 aliphatic rings. The number of methoxy groups -OCH3 is 1. The third kappa shape index (κ3) is 5.98. The van der Waals surface area contributed by atoms with Crippen molar-refractivity contribution in [3.8, 4) is 0 Å². The molecule has 1 N–H and O–H groups in total. The number of esters is 1. The van der Waals surface area contributed by atoms with E-state index in [0.29, 0.717) is 59.2 Å². The lowest BCUT2D eigenvalue weighted by atomic mass is 9.85. The summed E-state index contributed by atoms with van der Waals surface area (Å²) < 4.78 is 4.76. The monoisotopic (exact) mass is 672 g/mol. The maximum atomic E-state index is 11.9. The lowest BCUT2D eigenvalue weighted by molar-refractivity contribution is -0.136. The maximum absolute atomic E-state index is 11.9. The molecule has 12 unspecified atom stereocenters. The first-order valence-electron chi connectivity index (χ1n) is 19.7. The van der Waals surface area contributed by atoms with Crippen LogP contribution >= 0.6 is 0 Å². The van der Waals surface area contributed by atoms with E-state index in [0.717, 1.165) is 65.9 Å². The Morgan fingerprint density at radius 1 is 0.660 bits per heavy atom. The fourth-order valence-electron chi connectivity index (χ4n) is 12.5. The van der Waals surface area contributed by atoms with Crippen molar-refractivity contribution >= 4 is 11.8 Å². The first-order valence-corrected chi connectivity index (χ1v) is 19.7. The Balaban J connectivity index is 0.000000124. The molecule has 50 heavy (non-hydrogen) atoms. The average Bonchev–Trinajstić information content (AvgIpc) is 3.99. The van der Waals surface area contributed by atoms with E-state index in [2.05, 4.69) is 98.2 Å². The highest BCUT2D eigenvalue weighted by Crippen LogP contribution is 2.55. The molecule has 0 saturated heterocycles. The van der Waals surface area contributed by atoms with Crippen LogP contribution in [0.3, 0.4) is 0 Å². The highest BCUT2D eigenvalue weighted by atomic mass is 16.5. The van der Waals surface area contributed by atoms with Gasteiger partial charge in [0.15, 0.2) is 5.78 Å². The Hall–Kier alpha value is -3.24. The van der Waals surface area contributed by atoms with Crippen LogP contribution in [0.15, 0.2) is 109 Å². The van der Waals surface area contributed by atoms with Gasteiger partial charge in [-0.1, -0.05) is 85.1 Å². The molecule has 4 heteroatoms. The van der Waals surface area contributed by atoms with E-state index in [-0.39, 0.29) is 18.4 Å². The smallest absolute Gasteiger partial charge is 0.333 e. The zero-order valence-electron chi connectivity index (χ0n) is 29.8. The summed E-state index contributed by atoms with van der Waals surface area (Å²) in [7, 11) is 1.46. The SMILES string of the molecule is C1=CC2C3C=C[C@@H](C3)[C@@H]2C1.C=CC1CC(/C=C\C2CC(C=C)C3CC(C(=O)CO)=CC23)C2CC=CC12.COC(=O)C1=CC2C3C=C[C@@H](C3)[C@@H]2C1. The van der Waals surface area contributed by atoms with E-state index >= 15 is 0 Å². The molecule has 16 atom stereocenters. The van der Waals surface area contributed by atoms with Crippen LogP contribution < -0.4 is 0 Å². The van der Waals surface area contributed by atoms with Gasteiger partial charge < -0.3 is 9.84 Å². The minimum atomic E-state index is -0.369. The zero-order chi connectivity index (χ0) is 34.5. The summed E-state index contributed by atoms with van der Waals surface area (Å²) in [6.07, 6.45) is 42.0. The van der Waals surface area contributed by atoms with Crippen LogP contribution in [0.25, 0.3) is 0 Å². The van der Waals surface area contributed by atoms with Crippen LogP contribution in [0.4, 0.5) is 0 Å². The van der Waals surface area contributed by atoms with Crippen LogP contribution in [0.2, 0.25) is 0 Å². The topological polar surface area (TPSA) is 63.6 Å². The van der Waals surface area contributed by atoms with Crippen molar-refractivity contribution in [3.05, 3.63) is 109 Å². The quantitative estimate of drug-likeness (QED) is 0.217. The van der Waals surface area contributed by atoms with Crippen molar-refractivity contribution in [1.29, 1.82) is 0 Å². The van der Waals surface area contributed by atoms with Gasteiger partial charge in [-0.2, -0.15) is 0 Å². The van der Waals surface area contributed by atoms with Gasteiger partial charge in [0.2, 0.25) is 0 Å². The fourth-order valence-corrected chi connectivity index (χ4v) is 12.5. The molecule has 4 nitrogen and oxygen atoms in total. The van der Waals surface area contributed by atoms with Gasteiger partial charge in [0.05, 0.1) is 7.11 Å². The van der Waals surface area contributed by atoms with Gasteiger partial charge in [-0.05, 0) is 152 Å². The second kappa shape index (κ2) is 14.1. The lowest BCUT2D eigenvalue weighted by Crippen LogP contribution is -2.13. The van der Waals surface area contributed by atoms with Gasteiger partial charge in [-0.25, -0.2) is 4.79 Å². The van der Waals surface area contributed by atoms with Crippen molar-refractivity contribution in [2.75, 3.05) is 13.7 Å². The van der Waals surface area contributed by atoms with Crippen LogP contribution in [0.5, 0.6) is 0 Å². The molecular weight excluding hydrogens is 617 g/mol. The Morgan fingerprint density at radius 2 is 1.26 bits per heavy atom. The van der Waals surface area contributed by atoms with Gasteiger partial charge in [0, 0.05) is 5.57 Å². The van der Waals surface area contributed by atoms with Crippen molar-refractivity contribution in [1.82, 2.24) is 0 Å². The molecule has 4 bridgehead atoms.